The van der Waals surface area contributed by atoms with Crippen LogP contribution >= 0.6 is 23.4 Å². The van der Waals surface area contributed by atoms with Crippen LogP contribution in [0.2, 0.25) is 5.02 Å². The van der Waals surface area contributed by atoms with Crippen LogP contribution in [0.1, 0.15) is 25.7 Å². The Hall–Kier alpha value is -0.670. The predicted octanol–water partition coefficient (Wildman–Crippen LogP) is 3.70. The average molecular weight is 254 g/mol. The van der Waals surface area contributed by atoms with Gasteiger partial charge in [0.2, 0.25) is 5.91 Å². The van der Waals surface area contributed by atoms with Gasteiger partial charge in [0.05, 0.1) is 20.4 Å². The topological polar surface area (TPSA) is 29.1 Å². The highest BCUT2D eigenvalue weighted by atomic mass is 35.5. The van der Waals surface area contributed by atoms with Gasteiger partial charge in [-0.05, 0) is 25.0 Å². The molecule has 4 heteroatoms. The molecule has 1 saturated carbocycles. The number of carbonyl (C=O) groups excluding carboxylic acids is 1. The van der Waals surface area contributed by atoms with Crippen molar-refractivity contribution in [3.63, 3.8) is 0 Å². The zero-order chi connectivity index (χ0) is 11.2. The van der Waals surface area contributed by atoms with Crippen molar-refractivity contribution in [1.82, 2.24) is 0 Å². The van der Waals surface area contributed by atoms with E-state index < -0.39 is 0 Å². The van der Waals surface area contributed by atoms with E-state index in [9.17, 15) is 4.79 Å². The minimum absolute atomic E-state index is 0.157. The number of amides is 1. The summed E-state index contributed by atoms with van der Waals surface area (Å²) in [5.41, 5.74) is 0.861. The number of halogens is 1. The van der Waals surface area contributed by atoms with Crippen molar-refractivity contribution < 1.29 is 4.79 Å². The summed E-state index contributed by atoms with van der Waals surface area (Å²) in [5.74, 6) is 0.157. The molecular weight excluding hydrogens is 242 g/mol. The van der Waals surface area contributed by atoms with Crippen LogP contribution in [-0.4, -0.2) is 10.7 Å². The molecule has 1 aromatic rings. The first-order valence-electron chi connectivity index (χ1n) is 5.50. The van der Waals surface area contributed by atoms with Gasteiger partial charge in [-0.25, -0.2) is 0 Å². The lowest BCUT2D eigenvalue weighted by Crippen LogP contribution is -2.40. The van der Waals surface area contributed by atoms with E-state index in [2.05, 4.69) is 5.32 Å². The maximum atomic E-state index is 12.1. The van der Waals surface area contributed by atoms with Gasteiger partial charge >= 0.3 is 0 Å². The number of rotatable bonds is 0. The Morgan fingerprint density at radius 2 is 2.06 bits per heavy atom. The highest BCUT2D eigenvalue weighted by molar-refractivity contribution is 8.01. The van der Waals surface area contributed by atoms with Gasteiger partial charge in [0, 0.05) is 0 Å². The summed E-state index contributed by atoms with van der Waals surface area (Å²) in [6, 6.07) is 5.66. The first-order valence-corrected chi connectivity index (χ1v) is 6.70. The third-order valence-electron chi connectivity index (χ3n) is 3.34. The largest absolute Gasteiger partial charge is 0.324 e. The van der Waals surface area contributed by atoms with Crippen LogP contribution in [-0.2, 0) is 4.79 Å². The summed E-state index contributed by atoms with van der Waals surface area (Å²) in [6.45, 7) is 0. The van der Waals surface area contributed by atoms with Gasteiger partial charge in [0.25, 0.3) is 0 Å². The number of carbonyl (C=O) groups is 1. The van der Waals surface area contributed by atoms with E-state index in [1.54, 1.807) is 11.8 Å². The number of fused-ring (bicyclic) bond motifs is 1. The van der Waals surface area contributed by atoms with Gasteiger partial charge in [-0.3, -0.25) is 4.79 Å². The normalized spacial score (nSPS) is 21.9. The fourth-order valence-electron chi connectivity index (χ4n) is 2.46. The van der Waals surface area contributed by atoms with E-state index in [0.717, 1.165) is 41.3 Å². The molecule has 1 heterocycles. The van der Waals surface area contributed by atoms with E-state index in [1.165, 1.54) is 0 Å². The standard InChI is InChI=1S/C12H12ClNOS/c13-8-4-3-5-9-10(8)16-12(11(15)14-9)6-1-2-7-12/h3-5H,1-2,6-7H2,(H,14,15). The van der Waals surface area contributed by atoms with Crippen LogP contribution < -0.4 is 5.32 Å². The molecule has 1 amide bonds. The van der Waals surface area contributed by atoms with Gasteiger partial charge in [0.1, 0.15) is 0 Å². The highest BCUT2D eigenvalue weighted by Gasteiger charge is 2.45. The molecule has 0 atom stereocenters. The molecule has 84 valence electrons. The molecule has 0 saturated heterocycles. The Balaban J connectivity index is 2.06. The monoisotopic (exact) mass is 253 g/mol. The molecule has 0 bridgehead atoms. The summed E-state index contributed by atoms with van der Waals surface area (Å²) in [7, 11) is 0. The third kappa shape index (κ3) is 1.45. The molecule has 1 N–H and O–H groups in total. The molecule has 0 unspecified atom stereocenters. The van der Waals surface area contributed by atoms with Crippen LogP contribution in [0.15, 0.2) is 23.1 Å². The van der Waals surface area contributed by atoms with Gasteiger partial charge in [-0.15, -0.1) is 11.8 Å². The Labute approximate surface area is 104 Å². The van der Waals surface area contributed by atoms with Crippen molar-refractivity contribution in [3.05, 3.63) is 23.2 Å². The number of nitrogens with one attached hydrogen (secondary N) is 1. The first-order chi connectivity index (χ1) is 7.71. The predicted molar refractivity (Wildman–Crippen MR) is 67.1 cm³/mol. The van der Waals surface area contributed by atoms with E-state index in [1.807, 2.05) is 18.2 Å². The molecule has 1 aromatic carbocycles. The molecule has 1 aliphatic heterocycles. The SMILES string of the molecule is O=C1Nc2cccc(Cl)c2SC12CCCC2. The lowest BCUT2D eigenvalue weighted by atomic mass is 10.1. The second-order valence-electron chi connectivity index (χ2n) is 4.37. The Bertz CT molecular complexity index is 454. The Kier molecular flexibility index (Phi) is 2.41. The second kappa shape index (κ2) is 3.67. The second-order valence-corrected chi connectivity index (χ2v) is 6.18. The number of benzene rings is 1. The third-order valence-corrected chi connectivity index (χ3v) is 5.39. The summed E-state index contributed by atoms with van der Waals surface area (Å²) in [6.07, 6.45) is 4.21. The molecule has 1 spiro atoms. The smallest absolute Gasteiger partial charge is 0.241 e. The molecule has 2 aliphatic rings. The molecule has 0 aromatic heterocycles. The number of hydrogen-bond donors (Lipinski definition) is 1. The van der Waals surface area contributed by atoms with Crippen LogP contribution in [0.3, 0.4) is 0 Å². The van der Waals surface area contributed by atoms with E-state index >= 15 is 0 Å². The quantitative estimate of drug-likeness (QED) is 0.764. The molecule has 1 aliphatic carbocycles. The van der Waals surface area contributed by atoms with E-state index in [0.29, 0.717) is 0 Å². The van der Waals surface area contributed by atoms with Gasteiger partial charge in [-0.2, -0.15) is 0 Å². The van der Waals surface area contributed by atoms with Crippen molar-refractivity contribution in [2.24, 2.45) is 0 Å². The summed E-state index contributed by atoms with van der Waals surface area (Å²) >= 11 is 7.84. The average Bonchev–Trinajstić information content (AvgIpc) is 2.72. The fraction of sp³-hybridized carbons (Fsp3) is 0.417. The summed E-state index contributed by atoms with van der Waals surface area (Å²) in [4.78, 5) is 13.2. The zero-order valence-electron chi connectivity index (χ0n) is 8.75. The van der Waals surface area contributed by atoms with Crippen molar-refractivity contribution in [2.75, 3.05) is 5.32 Å². The maximum Gasteiger partial charge on any atom is 0.241 e. The summed E-state index contributed by atoms with van der Waals surface area (Å²) in [5, 5.41) is 3.73. The van der Waals surface area contributed by atoms with Gasteiger partial charge in [0.15, 0.2) is 0 Å². The lowest BCUT2D eigenvalue weighted by molar-refractivity contribution is -0.118. The van der Waals surface area contributed by atoms with Crippen LogP contribution in [0.5, 0.6) is 0 Å². The zero-order valence-corrected chi connectivity index (χ0v) is 10.3. The molecule has 0 radical (unpaired) electrons. The van der Waals surface area contributed by atoms with Gasteiger partial charge in [-0.1, -0.05) is 30.5 Å². The number of hydrogen-bond acceptors (Lipinski definition) is 2. The molecule has 2 nitrogen and oxygen atoms in total. The minimum atomic E-state index is -0.252. The van der Waals surface area contributed by atoms with E-state index in [-0.39, 0.29) is 10.7 Å². The summed E-state index contributed by atoms with van der Waals surface area (Å²) < 4.78 is -0.252. The minimum Gasteiger partial charge on any atom is -0.324 e. The van der Waals surface area contributed by atoms with E-state index in [4.69, 9.17) is 11.6 Å². The van der Waals surface area contributed by atoms with Crippen molar-refractivity contribution >= 4 is 35.0 Å². The molecular formula is C12H12ClNOS. The van der Waals surface area contributed by atoms with Crippen molar-refractivity contribution in [2.45, 2.75) is 35.3 Å². The lowest BCUT2D eigenvalue weighted by Gasteiger charge is -2.33. The van der Waals surface area contributed by atoms with Gasteiger partial charge < -0.3 is 5.32 Å². The first kappa shape index (κ1) is 10.5. The molecule has 3 rings (SSSR count). The van der Waals surface area contributed by atoms with Crippen LogP contribution in [0, 0.1) is 0 Å². The van der Waals surface area contributed by atoms with Crippen molar-refractivity contribution in [1.29, 1.82) is 0 Å². The van der Waals surface area contributed by atoms with Crippen molar-refractivity contribution in [3.8, 4) is 0 Å². The Morgan fingerprint density at radius 3 is 2.81 bits per heavy atom. The van der Waals surface area contributed by atoms with Crippen LogP contribution in [0.4, 0.5) is 5.69 Å². The molecule has 1 fully saturated rings. The number of thioether (sulfide) groups is 1. The highest BCUT2D eigenvalue weighted by Crippen LogP contribution is 2.52. The maximum absolute atomic E-state index is 12.1. The molecule has 16 heavy (non-hydrogen) atoms. The fourth-order valence-corrected chi connectivity index (χ4v) is 4.18. The van der Waals surface area contributed by atoms with Crippen LogP contribution in [0.25, 0.3) is 0 Å². The Morgan fingerprint density at radius 1 is 1.31 bits per heavy atom. The number of anilines is 1.